The molecule has 184 valence electrons. The van der Waals surface area contributed by atoms with Gasteiger partial charge in [0.05, 0.1) is 12.3 Å². The lowest BCUT2D eigenvalue weighted by Crippen LogP contribution is -2.40. The molecule has 1 aromatic heterocycles. The molecule has 0 atom stereocenters. The number of benzene rings is 2. The third-order valence-corrected chi connectivity index (χ3v) is 9.67. The van der Waals surface area contributed by atoms with E-state index in [2.05, 4.69) is 9.64 Å². The minimum absolute atomic E-state index is 0.0259. The van der Waals surface area contributed by atoms with Gasteiger partial charge in [-0.15, -0.1) is 24.5 Å². The van der Waals surface area contributed by atoms with Crippen molar-refractivity contribution in [3.05, 3.63) is 59.7 Å². The van der Waals surface area contributed by atoms with Crippen LogP contribution in [-0.4, -0.2) is 56.6 Å². The fourth-order valence-corrected chi connectivity index (χ4v) is 7.83. The number of rotatable bonds is 8. The van der Waals surface area contributed by atoms with E-state index < -0.39 is 16.4 Å². The molecule has 34 heavy (non-hydrogen) atoms. The van der Waals surface area contributed by atoms with Crippen molar-refractivity contribution >= 4 is 48.2 Å². The second-order valence-corrected chi connectivity index (χ2v) is 12.3. The Bertz CT molecular complexity index is 1220. The van der Waals surface area contributed by atoms with Gasteiger partial charge in [-0.1, -0.05) is 30.3 Å². The van der Waals surface area contributed by atoms with Gasteiger partial charge in [0, 0.05) is 35.8 Å². The molecule has 0 amide bonds. The smallest absolute Gasteiger partial charge is 0.406 e. The standard InChI is InChI=1S/C23H25F3N2O3S3/c1-17-20-4-2-3-5-21(20)33-22(17)28(34(29,30)15-12-27-10-13-32-14-11-27)16-18-6-8-19(9-7-18)31-23(24,25)26/h2-9H,10-16H2,1H3. The monoisotopic (exact) mass is 530 g/mol. The number of nitrogens with zero attached hydrogens (tertiary/aromatic N) is 2. The van der Waals surface area contributed by atoms with E-state index in [-0.39, 0.29) is 18.0 Å². The predicted molar refractivity (Wildman–Crippen MR) is 133 cm³/mol. The molecule has 0 unspecified atom stereocenters. The maximum Gasteiger partial charge on any atom is 0.573 e. The lowest BCUT2D eigenvalue weighted by Gasteiger charge is -2.28. The number of fused-ring (bicyclic) bond motifs is 1. The number of thiophene rings is 1. The predicted octanol–water partition coefficient (Wildman–Crippen LogP) is 5.49. The molecule has 1 aliphatic heterocycles. The largest absolute Gasteiger partial charge is 0.573 e. The van der Waals surface area contributed by atoms with Crippen molar-refractivity contribution in [2.75, 3.05) is 41.2 Å². The van der Waals surface area contributed by atoms with E-state index in [0.717, 1.165) is 40.2 Å². The Morgan fingerprint density at radius 2 is 1.74 bits per heavy atom. The molecule has 1 fully saturated rings. The molecule has 1 saturated heterocycles. The summed E-state index contributed by atoms with van der Waals surface area (Å²) in [6.07, 6.45) is -4.78. The summed E-state index contributed by atoms with van der Waals surface area (Å²) in [5, 5.41) is 1.62. The Balaban J connectivity index is 1.62. The molecular weight excluding hydrogens is 505 g/mol. The van der Waals surface area contributed by atoms with Crippen LogP contribution in [0.3, 0.4) is 0 Å². The molecule has 2 heterocycles. The Labute approximate surface area is 205 Å². The summed E-state index contributed by atoms with van der Waals surface area (Å²) in [6, 6.07) is 13.1. The van der Waals surface area contributed by atoms with Crippen molar-refractivity contribution in [3.63, 3.8) is 0 Å². The number of hydrogen-bond donors (Lipinski definition) is 0. The van der Waals surface area contributed by atoms with E-state index in [1.807, 2.05) is 43.0 Å². The van der Waals surface area contributed by atoms with Gasteiger partial charge in [-0.25, -0.2) is 8.42 Å². The van der Waals surface area contributed by atoms with Crippen molar-refractivity contribution in [1.82, 2.24) is 4.90 Å². The van der Waals surface area contributed by atoms with Crippen LogP contribution < -0.4 is 9.04 Å². The first-order chi connectivity index (χ1) is 16.1. The summed E-state index contributed by atoms with van der Waals surface area (Å²) >= 11 is 3.27. The zero-order valence-corrected chi connectivity index (χ0v) is 21.0. The summed E-state index contributed by atoms with van der Waals surface area (Å²) in [4.78, 5) is 2.16. The number of aryl methyl sites for hydroxylation is 1. The minimum atomic E-state index is -4.78. The number of sulfonamides is 1. The van der Waals surface area contributed by atoms with E-state index in [9.17, 15) is 21.6 Å². The number of halogens is 3. The van der Waals surface area contributed by atoms with Gasteiger partial charge in [-0.3, -0.25) is 4.31 Å². The molecule has 5 nitrogen and oxygen atoms in total. The van der Waals surface area contributed by atoms with Crippen LogP contribution >= 0.6 is 23.1 Å². The van der Waals surface area contributed by atoms with Crippen LogP contribution in [0, 0.1) is 6.92 Å². The van der Waals surface area contributed by atoms with Crippen LogP contribution in [0.5, 0.6) is 5.75 Å². The third kappa shape index (κ3) is 6.18. The minimum Gasteiger partial charge on any atom is -0.406 e. The molecule has 0 saturated carbocycles. The van der Waals surface area contributed by atoms with Crippen LogP contribution in [-0.2, 0) is 16.6 Å². The van der Waals surface area contributed by atoms with Crippen LogP contribution in [0.1, 0.15) is 11.1 Å². The molecule has 2 aromatic carbocycles. The van der Waals surface area contributed by atoms with Gasteiger partial charge < -0.3 is 9.64 Å². The fraction of sp³-hybridized carbons (Fsp3) is 0.391. The molecule has 4 rings (SSSR count). The average Bonchev–Trinajstić information content (AvgIpc) is 3.13. The molecular formula is C23H25F3N2O3S3. The van der Waals surface area contributed by atoms with Gasteiger partial charge >= 0.3 is 6.36 Å². The lowest BCUT2D eigenvalue weighted by atomic mass is 10.2. The van der Waals surface area contributed by atoms with Crippen LogP contribution in [0.2, 0.25) is 0 Å². The number of alkyl halides is 3. The average molecular weight is 531 g/mol. The van der Waals surface area contributed by atoms with Gasteiger partial charge in [-0.2, -0.15) is 11.8 Å². The topological polar surface area (TPSA) is 49.9 Å². The maximum absolute atomic E-state index is 13.6. The first kappa shape index (κ1) is 25.2. The van der Waals surface area contributed by atoms with Crippen molar-refractivity contribution in [2.24, 2.45) is 0 Å². The molecule has 0 aliphatic carbocycles. The van der Waals surface area contributed by atoms with Crippen LogP contribution in [0.15, 0.2) is 48.5 Å². The van der Waals surface area contributed by atoms with E-state index >= 15 is 0 Å². The normalized spacial score (nSPS) is 15.5. The molecule has 11 heteroatoms. The van der Waals surface area contributed by atoms with Crippen molar-refractivity contribution in [3.8, 4) is 5.75 Å². The summed E-state index contributed by atoms with van der Waals surface area (Å²) < 4.78 is 71.0. The zero-order chi connectivity index (χ0) is 24.3. The number of anilines is 1. The van der Waals surface area contributed by atoms with Crippen molar-refractivity contribution < 1.29 is 26.3 Å². The highest BCUT2D eigenvalue weighted by Crippen LogP contribution is 2.39. The number of ether oxygens (including phenoxy) is 1. The summed E-state index contributed by atoms with van der Waals surface area (Å²) in [5.74, 6) is 1.61. The lowest BCUT2D eigenvalue weighted by molar-refractivity contribution is -0.274. The maximum atomic E-state index is 13.6. The van der Waals surface area contributed by atoms with Gasteiger partial charge in [0.2, 0.25) is 10.0 Å². The first-order valence-electron chi connectivity index (χ1n) is 10.8. The third-order valence-electron chi connectivity index (χ3n) is 5.63. The summed E-state index contributed by atoms with van der Waals surface area (Å²) in [7, 11) is -3.70. The van der Waals surface area contributed by atoms with Gasteiger partial charge in [0.1, 0.15) is 10.8 Å². The summed E-state index contributed by atoms with van der Waals surface area (Å²) in [6.45, 7) is 4.10. The highest BCUT2D eigenvalue weighted by molar-refractivity contribution is 7.99. The van der Waals surface area contributed by atoms with E-state index in [4.69, 9.17) is 0 Å². The molecule has 1 aliphatic rings. The summed E-state index contributed by atoms with van der Waals surface area (Å²) in [5.41, 5.74) is 1.44. The molecule has 0 bridgehead atoms. The quantitative estimate of drug-likeness (QED) is 0.385. The Morgan fingerprint density at radius 3 is 2.38 bits per heavy atom. The molecule has 0 radical (unpaired) electrons. The zero-order valence-electron chi connectivity index (χ0n) is 18.5. The second kappa shape index (κ2) is 10.3. The van der Waals surface area contributed by atoms with Crippen LogP contribution in [0.25, 0.3) is 10.1 Å². The highest BCUT2D eigenvalue weighted by Gasteiger charge is 2.31. The SMILES string of the molecule is Cc1c(N(Cc2ccc(OC(F)(F)F)cc2)S(=O)(=O)CCN2CCSCC2)sc2ccccc12. The Hall–Kier alpha value is -1.95. The molecule has 0 N–H and O–H groups in total. The Morgan fingerprint density at radius 1 is 1.06 bits per heavy atom. The Kier molecular flexibility index (Phi) is 7.66. The molecule has 3 aromatic rings. The van der Waals surface area contributed by atoms with E-state index in [1.54, 1.807) is 0 Å². The first-order valence-corrected chi connectivity index (χ1v) is 14.3. The number of hydrogen-bond acceptors (Lipinski definition) is 6. The van der Waals surface area contributed by atoms with E-state index in [0.29, 0.717) is 17.1 Å². The highest BCUT2D eigenvalue weighted by atomic mass is 32.2. The second-order valence-electron chi connectivity index (χ2n) is 8.00. The van der Waals surface area contributed by atoms with Gasteiger partial charge in [-0.05, 0) is 41.6 Å². The number of thioether (sulfide) groups is 1. The van der Waals surface area contributed by atoms with Crippen LogP contribution in [0.4, 0.5) is 18.2 Å². The van der Waals surface area contributed by atoms with Crippen molar-refractivity contribution in [2.45, 2.75) is 19.8 Å². The molecule has 0 spiro atoms. The van der Waals surface area contributed by atoms with Gasteiger partial charge in [0.15, 0.2) is 0 Å². The van der Waals surface area contributed by atoms with Crippen molar-refractivity contribution in [1.29, 1.82) is 0 Å². The fourth-order valence-electron chi connectivity index (χ4n) is 3.84. The van der Waals surface area contributed by atoms with Gasteiger partial charge in [0.25, 0.3) is 0 Å². The van der Waals surface area contributed by atoms with E-state index in [1.165, 1.54) is 39.9 Å².